The van der Waals surface area contributed by atoms with Crippen LogP contribution in [-0.2, 0) is 10.2 Å². The molecule has 2 nitrogen and oxygen atoms in total. The molecule has 2 unspecified atom stereocenters. The van der Waals surface area contributed by atoms with E-state index < -0.39 is 15.5 Å². The molecule has 0 radical (unpaired) electrons. The molecule has 0 aromatic carbocycles. The summed E-state index contributed by atoms with van der Waals surface area (Å²) in [7, 11) is -4.30. The molecule has 0 amide bonds. The van der Waals surface area contributed by atoms with Crippen LogP contribution in [0.25, 0.3) is 0 Å². The molecule has 0 N–H and O–H groups in total. The van der Waals surface area contributed by atoms with Gasteiger partial charge in [0.25, 0.3) is 0 Å². The van der Waals surface area contributed by atoms with Gasteiger partial charge in [-0.15, -0.1) is 3.89 Å². The molecule has 0 bridgehead atoms. The lowest BCUT2D eigenvalue weighted by molar-refractivity contribution is 0.342. The fourth-order valence-electron chi connectivity index (χ4n) is 2.24. The molecule has 0 aromatic heterocycles. The lowest BCUT2D eigenvalue weighted by Gasteiger charge is -2.17. The molecule has 1 fully saturated rings. The smallest absolute Gasteiger partial charge is 0.195 e. The average Bonchev–Trinajstić information content (AvgIpc) is 2.26. The zero-order valence-electron chi connectivity index (χ0n) is 8.87. The molecule has 84 valence electrons. The van der Waals surface area contributed by atoms with E-state index in [1.807, 2.05) is 0 Å². The maximum atomic E-state index is 12.8. The summed E-state index contributed by atoms with van der Waals surface area (Å²) in [6, 6.07) is 0. The zero-order chi connectivity index (χ0) is 10.8. The van der Waals surface area contributed by atoms with E-state index in [-0.39, 0.29) is 0 Å². The lowest BCUT2D eigenvalue weighted by Crippen LogP contribution is -2.16. The van der Waals surface area contributed by atoms with Gasteiger partial charge in [-0.2, -0.15) is 8.42 Å². The Kier molecular flexibility index (Phi) is 3.93. The number of halogens is 1. The van der Waals surface area contributed by atoms with E-state index >= 15 is 0 Å². The van der Waals surface area contributed by atoms with E-state index in [4.69, 9.17) is 0 Å². The molecule has 14 heavy (non-hydrogen) atoms. The summed E-state index contributed by atoms with van der Waals surface area (Å²) in [6.07, 6.45) is 3.75. The van der Waals surface area contributed by atoms with Crippen LogP contribution in [0, 0.1) is 11.8 Å². The molecule has 1 aliphatic rings. The van der Waals surface area contributed by atoms with Crippen LogP contribution in [-0.4, -0.2) is 13.7 Å². The summed E-state index contributed by atoms with van der Waals surface area (Å²) < 4.78 is 34.3. The first kappa shape index (κ1) is 12.0. The van der Waals surface area contributed by atoms with Crippen molar-refractivity contribution in [1.82, 2.24) is 0 Å². The second kappa shape index (κ2) is 4.60. The van der Waals surface area contributed by atoms with E-state index in [0.717, 1.165) is 19.3 Å². The Morgan fingerprint density at radius 1 is 1.14 bits per heavy atom. The first-order valence-corrected chi connectivity index (χ1v) is 6.79. The summed E-state index contributed by atoms with van der Waals surface area (Å²) in [5.41, 5.74) is 0. The maximum absolute atomic E-state index is 12.8. The highest BCUT2D eigenvalue weighted by molar-refractivity contribution is 7.87. The van der Waals surface area contributed by atoms with Crippen LogP contribution >= 0.6 is 0 Å². The Bertz CT molecular complexity index is 272. The molecule has 0 spiro atoms. The van der Waals surface area contributed by atoms with Crippen LogP contribution in [0.4, 0.5) is 3.89 Å². The maximum Gasteiger partial charge on any atom is 0.305 e. The Hall–Kier alpha value is -0.120. The van der Waals surface area contributed by atoms with Gasteiger partial charge in [-0.25, -0.2) is 0 Å². The third-order valence-corrected chi connectivity index (χ3v) is 4.57. The van der Waals surface area contributed by atoms with E-state index in [1.165, 1.54) is 0 Å². The predicted molar refractivity (Wildman–Crippen MR) is 55.2 cm³/mol. The minimum Gasteiger partial charge on any atom is -0.195 e. The second-order valence-electron chi connectivity index (χ2n) is 4.61. The number of hydrogen-bond donors (Lipinski definition) is 0. The summed E-state index contributed by atoms with van der Waals surface area (Å²) in [6.45, 7) is 4.30. The summed E-state index contributed by atoms with van der Waals surface area (Å²) in [4.78, 5) is 0. The molecule has 1 saturated carbocycles. The van der Waals surface area contributed by atoms with Crippen LogP contribution in [0.3, 0.4) is 0 Å². The third-order valence-electron chi connectivity index (χ3n) is 3.30. The molecule has 0 saturated heterocycles. The van der Waals surface area contributed by atoms with E-state index in [9.17, 15) is 12.3 Å². The van der Waals surface area contributed by atoms with Gasteiger partial charge in [0.2, 0.25) is 0 Å². The molecule has 0 aliphatic heterocycles. The number of rotatable bonds is 2. The average molecular weight is 222 g/mol. The summed E-state index contributed by atoms with van der Waals surface area (Å²) in [5, 5.41) is -0.730. The van der Waals surface area contributed by atoms with Gasteiger partial charge in [0.15, 0.2) is 0 Å². The van der Waals surface area contributed by atoms with Gasteiger partial charge in [0.05, 0.1) is 5.25 Å². The topological polar surface area (TPSA) is 34.1 Å². The van der Waals surface area contributed by atoms with Gasteiger partial charge in [-0.1, -0.05) is 26.7 Å². The zero-order valence-corrected chi connectivity index (χ0v) is 9.69. The van der Waals surface area contributed by atoms with E-state index in [2.05, 4.69) is 13.8 Å². The molecule has 4 heteroatoms. The van der Waals surface area contributed by atoms with Crippen molar-refractivity contribution in [3.05, 3.63) is 0 Å². The van der Waals surface area contributed by atoms with Gasteiger partial charge in [0, 0.05) is 0 Å². The molecule has 1 aliphatic carbocycles. The van der Waals surface area contributed by atoms with Crippen LogP contribution in [0.2, 0.25) is 0 Å². The normalized spacial score (nSPS) is 30.3. The quantitative estimate of drug-likeness (QED) is 0.532. The van der Waals surface area contributed by atoms with Crippen LogP contribution in [0.5, 0.6) is 0 Å². The highest BCUT2D eigenvalue weighted by atomic mass is 32.3. The number of hydrogen-bond acceptors (Lipinski definition) is 2. The van der Waals surface area contributed by atoms with Crippen molar-refractivity contribution in [2.24, 2.45) is 11.8 Å². The highest BCUT2D eigenvalue weighted by Crippen LogP contribution is 2.31. The monoisotopic (exact) mass is 222 g/mol. The molecule has 2 atom stereocenters. The van der Waals surface area contributed by atoms with E-state index in [1.54, 1.807) is 0 Å². The Morgan fingerprint density at radius 3 is 2.29 bits per heavy atom. The fourth-order valence-corrected chi connectivity index (χ4v) is 3.11. The van der Waals surface area contributed by atoms with Gasteiger partial charge >= 0.3 is 10.2 Å². The highest BCUT2D eigenvalue weighted by Gasteiger charge is 2.29. The lowest BCUT2D eigenvalue weighted by atomic mass is 9.89. The van der Waals surface area contributed by atoms with Crippen LogP contribution < -0.4 is 0 Å². The van der Waals surface area contributed by atoms with Gasteiger partial charge in [-0.3, -0.25) is 0 Å². The van der Waals surface area contributed by atoms with Crippen molar-refractivity contribution < 1.29 is 12.3 Å². The largest absolute Gasteiger partial charge is 0.305 e. The van der Waals surface area contributed by atoms with Crippen LogP contribution in [0.15, 0.2) is 0 Å². The Labute approximate surface area is 86.1 Å². The first-order chi connectivity index (χ1) is 6.41. The van der Waals surface area contributed by atoms with Crippen molar-refractivity contribution >= 4 is 10.2 Å². The minimum atomic E-state index is -4.30. The molecule has 1 rings (SSSR count). The van der Waals surface area contributed by atoms with Gasteiger partial charge < -0.3 is 0 Å². The van der Waals surface area contributed by atoms with E-state index in [0.29, 0.717) is 24.7 Å². The second-order valence-corrected chi connectivity index (χ2v) is 6.23. The first-order valence-electron chi connectivity index (χ1n) is 5.34. The molecular formula is C10H19FO2S. The van der Waals surface area contributed by atoms with Crippen LogP contribution in [0.1, 0.15) is 46.0 Å². The Balaban J connectivity index is 2.58. The summed E-state index contributed by atoms with van der Waals surface area (Å²) in [5.74, 6) is 1.15. The van der Waals surface area contributed by atoms with Crippen molar-refractivity contribution in [2.75, 3.05) is 0 Å². The van der Waals surface area contributed by atoms with Crippen molar-refractivity contribution in [2.45, 2.75) is 51.2 Å². The molecule has 0 heterocycles. The van der Waals surface area contributed by atoms with Crippen molar-refractivity contribution in [3.8, 4) is 0 Å². The van der Waals surface area contributed by atoms with Crippen molar-refractivity contribution in [3.63, 3.8) is 0 Å². The standard InChI is InChI=1S/C10H19FO2S/c1-8(2)9-4-3-5-10(7-6-9)14(11,12)13/h8-10H,3-7H2,1-2H3. The van der Waals surface area contributed by atoms with Gasteiger partial charge in [0.1, 0.15) is 0 Å². The minimum absolute atomic E-state index is 0.502. The molecule has 0 aromatic rings. The predicted octanol–water partition coefficient (Wildman–Crippen LogP) is 2.89. The Morgan fingerprint density at radius 2 is 1.79 bits per heavy atom. The van der Waals surface area contributed by atoms with Gasteiger partial charge in [-0.05, 0) is 31.1 Å². The molecular weight excluding hydrogens is 203 g/mol. The summed E-state index contributed by atoms with van der Waals surface area (Å²) >= 11 is 0. The SMILES string of the molecule is CC(C)C1CCCC(S(=O)(=O)F)CC1. The third kappa shape index (κ3) is 3.23. The fraction of sp³-hybridized carbons (Fsp3) is 1.00. The van der Waals surface area contributed by atoms with Crippen molar-refractivity contribution in [1.29, 1.82) is 0 Å².